The summed E-state index contributed by atoms with van der Waals surface area (Å²) in [6.07, 6.45) is 2.53. The van der Waals surface area contributed by atoms with E-state index in [1.54, 1.807) is 18.9 Å². The van der Waals surface area contributed by atoms with Crippen LogP contribution in [-0.4, -0.2) is 37.1 Å². The average molecular weight is 322 g/mol. The van der Waals surface area contributed by atoms with Gasteiger partial charge >= 0.3 is 0 Å². The first-order valence-corrected chi connectivity index (χ1v) is 7.75. The summed E-state index contributed by atoms with van der Waals surface area (Å²) in [6, 6.07) is 5.52. The maximum absolute atomic E-state index is 5.65. The maximum Gasteiger partial charge on any atom is 0.292 e. The van der Waals surface area contributed by atoms with E-state index in [2.05, 4.69) is 5.10 Å². The van der Waals surface area contributed by atoms with Crippen molar-refractivity contribution in [3.63, 3.8) is 0 Å². The number of rotatable bonds is 5. The summed E-state index contributed by atoms with van der Waals surface area (Å²) in [7, 11) is 3.23. The zero-order valence-electron chi connectivity index (χ0n) is 12.8. The quantitative estimate of drug-likeness (QED) is 0.846. The Labute approximate surface area is 134 Å². The molecule has 1 N–H and O–H groups in total. The molecule has 0 spiro atoms. The molecule has 0 amide bonds. The highest BCUT2D eigenvalue weighted by Gasteiger charge is 2.18. The Kier molecular flexibility index (Phi) is 4.44. The molecule has 1 aromatic carbocycles. The van der Waals surface area contributed by atoms with E-state index in [-0.39, 0.29) is 0 Å². The van der Waals surface area contributed by atoms with Crippen molar-refractivity contribution in [2.75, 3.05) is 27.3 Å². The summed E-state index contributed by atoms with van der Waals surface area (Å²) in [5.74, 6) is 1.87. The van der Waals surface area contributed by atoms with Crippen LogP contribution in [-0.2, 0) is 6.67 Å². The zero-order valence-corrected chi connectivity index (χ0v) is 13.6. The monoisotopic (exact) mass is 322 g/mol. The highest BCUT2D eigenvalue weighted by atomic mass is 32.1. The lowest BCUT2D eigenvalue weighted by Gasteiger charge is -2.10. The predicted molar refractivity (Wildman–Crippen MR) is 83.8 cm³/mol. The van der Waals surface area contributed by atoms with Gasteiger partial charge in [0.15, 0.2) is 6.67 Å². The molecule has 0 aliphatic carbocycles. The third-order valence-corrected chi connectivity index (χ3v) is 4.18. The Morgan fingerprint density at radius 2 is 1.82 bits per heavy atom. The SMILES string of the molecule is COc1cc(OC)cc(-c2nn(C[NH+]3CCCC3)c(=S)o2)c1. The molecule has 0 unspecified atom stereocenters. The third-order valence-electron chi connectivity index (χ3n) is 3.89. The number of methoxy groups -OCH3 is 2. The van der Waals surface area contributed by atoms with Crippen molar-refractivity contribution in [2.45, 2.75) is 19.5 Å². The Hall–Kier alpha value is -1.86. The van der Waals surface area contributed by atoms with Crippen molar-refractivity contribution < 1.29 is 18.8 Å². The molecule has 0 bridgehead atoms. The van der Waals surface area contributed by atoms with Crippen molar-refractivity contribution in [2.24, 2.45) is 0 Å². The van der Waals surface area contributed by atoms with Crippen LogP contribution in [0.15, 0.2) is 22.6 Å². The summed E-state index contributed by atoms with van der Waals surface area (Å²) in [5, 5.41) is 4.51. The number of aromatic nitrogens is 2. The van der Waals surface area contributed by atoms with Gasteiger partial charge in [0.25, 0.3) is 4.84 Å². The van der Waals surface area contributed by atoms with E-state index >= 15 is 0 Å². The summed E-state index contributed by atoms with van der Waals surface area (Å²) >= 11 is 5.29. The van der Waals surface area contributed by atoms with Gasteiger partial charge in [-0.1, -0.05) is 0 Å². The van der Waals surface area contributed by atoms with E-state index in [0.717, 1.165) is 25.3 Å². The molecule has 0 radical (unpaired) electrons. The number of hydrogen-bond donors (Lipinski definition) is 1. The Bertz CT molecular complexity index is 682. The molecule has 1 aromatic heterocycles. The van der Waals surface area contributed by atoms with Crippen LogP contribution >= 0.6 is 12.2 Å². The number of ether oxygens (including phenoxy) is 2. The minimum absolute atomic E-state index is 0.399. The first kappa shape index (κ1) is 15.1. The van der Waals surface area contributed by atoms with Gasteiger partial charge in [0.2, 0.25) is 5.89 Å². The highest BCUT2D eigenvalue weighted by Crippen LogP contribution is 2.28. The van der Waals surface area contributed by atoms with E-state index in [0.29, 0.717) is 22.2 Å². The van der Waals surface area contributed by atoms with Gasteiger partial charge in [0, 0.05) is 24.5 Å². The number of nitrogens with zero attached hydrogens (tertiary/aromatic N) is 2. The molecule has 1 fully saturated rings. The minimum Gasteiger partial charge on any atom is -0.497 e. The van der Waals surface area contributed by atoms with E-state index in [9.17, 15) is 0 Å². The fraction of sp³-hybridized carbons (Fsp3) is 0.467. The van der Waals surface area contributed by atoms with Crippen molar-refractivity contribution in [3.8, 4) is 23.0 Å². The largest absolute Gasteiger partial charge is 0.497 e. The Balaban J connectivity index is 1.90. The number of quaternary nitrogens is 1. The topological polar surface area (TPSA) is 53.9 Å². The second kappa shape index (κ2) is 6.50. The van der Waals surface area contributed by atoms with Crippen molar-refractivity contribution in [1.29, 1.82) is 0 Å². The van der Waals surface area contributed by atoms with Crippen LogP contribution in [0.5, 0.6) is 11.5 Å². The summed E-state index contributed by atoms with van der Waals surface area (Å²) in [5.41, 5.74) is 0.789. The molecule has 2 heterocycles. The molecular weight excluding hydrogens is 302 g/mol. The molecule has 1 saturated heterocycles. The first-order chi connectivity index (χ1) is 10.7. The van der Waals surface area contributed by atoms with Gasteiger partial charge in [-0.25, -0.2) is 0 Å². The van der Waals surface area contributed by atoms with E-state index in [1.807, 2.05) is 18.2 Å². The lowest BCUT2D eigenvalue weighted by Crippen LogP contribution is -3.09. The predicted octanol–water partition coefficient (Wildman–Crippen LogP) is 1.53. The van der Waals surface area contributed by atoms with E-state index < -0.39 is 0 Å². The molecule has 7 heteroatoms. The van der Waals surface area contributed by atoms with E-state index in [1.165, 1.54) is 17.7 Å². The molecule has 1 aliphatic rings. The molecule has 2 aromatic rings. The molecule has 6 nitrogen and oxygen atoms in total. The number of benzene rings is 1. The summed E-state index contributed by atoms with van der Waals surface area (Å²) in [6.45, 7) is 3.08. The molecule has 22 heavy (non-hydrogen) atoms. The maximum atomic E-state index is 5.65. The molecule has 3 rings (SSSR count). The first-order valence-electron chi connectivity index (χ1n) is 7.34. The van der Waals surface area contributed by atoms with Gasteiger partial charge < -0.3 is 18.8 Å². The van der Waals surface area contributed by atoms with Crippen LogP contribution in [0.3, 0.4) is 0 Å². The Morgan fingerprint density at radius 3 is 2.41 bits per heavy atom. The van der Waals surface area contributed by atoms with Gasteiger partial charge in [-0.15, -0.1) is 5.10 Å². The van der Waals surface area contributed by atoms with Crippen LogP contribution in [0.2, 0.25) is 0 Å². The zero-order chi connectivity index (χ0) is 15.5. The van der Waals surface area contributed by atoms with Gasteiger partial charge in [0.1, 0.15) is 11.5 Å². The fourth-order valence-electron chi connectivity index (χ4n) is 2.70. The molecule has 1 aliphatic heterocycles. The molecule has 118 valence electrons. The standard InChI is InChI=1S/C15H19N3O3S/c1-19-12-7-11(8-13(9-12)20-2)14-16-18(15(22)21-14)10-17-5-3-4-6-17/h7-9H,3-6,10H2,1-2H3/p+1. The lowest BCUT2D eigenvalue weighted by molar-refractivity contribution is -0.911. The highest BCUT2D eigenvalue weighted by molar-refractivity contribution is 7.71. The number of likely N-dealkylation sites (tertiary alicyclic amines) is 1. The smallest absolute Gasteiger partial charge is 0.292 e. The second-order valence-electron chi connectivity index (χ2n) is 5.39. The Morgan fingerprint density at radius 1 is 1.18 bits per heavy atom. The van der Waals surface area contributed by atoms with E-state index in [4.69, 9.17) is 26.1 Å². The van der Waals surface area contributed by atoms with Gasteiger partial charge in [0.05, 0.1) is 27.3 Å². The molecule has 0 saturated carbocycles. The van der Waals surface area contributed by atoms with Crippen molar-refractivity contribution in [3.05, 3.63) is 23.0 Å². The van der Waals surface area contributed by atoms with Crippen molar-refractivity contribution >= 4 is 12.2 Å². The van der Waals surface area contributed by atoms with Crippen LogP contribution in [0.4, 0.5) is 0 Å². The lowest BCUT2D eigenvalue weighted by atomic mass is 10.2. The van der Waals surface area contributed by atoms with Crippen LogP contribution < -0.4 is 14.4 Å². The van der Waals surface area contributed by atoms with Crippen LogP contribution in [0.25, 0.3) is 11.5 Å². The number of nitrogens with one attached hydrogen (secondary N) is 1. The third kappa shape index (κ3) is 3.15. The molecule has 0 atom stereocenters. The van der Waals surface area contributed by atoms with Crippen molar-refractivity contribution in [1.82, 2.24) is 9.78 Å². The van der Waals surface area contributed by atoms with Gasteiger partial charge in [-0.3, -0.25) is 0 Å². The van der Waals surface area contributed by atoms with Gasteiger partial charge in [-0.05, 0) is 24.4 Å². The average Bonchev–Trinajstić information content (AvgIpc) is 3.17. The second-order valence-corrected chi connectivity index (χ2v) is 5.74. The summed E-state index contributed by atoms with van der Waals surface area (Å²) in [4.78, 5) is 1.88. The van der Waals surface area contributed by atoms with Crippen LogP contribution in [0.1, 0.15) is 12.8 Å². The molecular formula is C15H20N3O3S+. The van der Waals surface area contributed by atoms with Gasteiger partial charge in [-0.2, -0.15) is 4.68 Å². The normalized spacial score (nSPS) is 15.2. The van der Waals surface area contributed by atoms with Crippen LogP contribution in [0, 0.1) is 4.84 Å². The minimum atomic E-state index is 0.399. The fourth-order valence-corrected chi connectivity index (χ4v) is 2.88. The summed E-state index contributed by atoms with van der Waals surface area (Å²) < 4.78 is 18.0. The number of hydrogen-bond acceptors (Lipinski definition) is 5.